The van der Waals surface area contributed by atoms with Crippen LogP contribution < -0.4 is 5.32 Å². The summed E-state index contributed by atoms with van der Waals surface area (Å²) >= 11 is 0. The number of pyridine rings is 1. The van der Waals surface area contributed by atoms with E-state index in [4.69, 9.17) is 0 Å². The van der Waals surface area contributed by atoms with Gasteiger partial charge in [-0.2, -0.15) is 0 Å². The average Bonchev–Trinajstić information content (AvgIpc) is 3.08. The monoisotopic (exact) mass is 231 g/mol. The second-order valence-electron chi connectivity index (χ2n) is 4.85. The van der Waals surface area contributed by atoms with Crippen LogP contribution in [-0.4, -0.2) is 34.4 Å². The van der Waals surface area contributed by atoms with Gasteiger partial charge in [0.05, 0.1) is 6.04 Å². The number of hydrogen-bond donors (Lipinski definition) is 1. The van der Waals surface area contributed by atoms with Gasteiger partial charge in [0.1, 0.15) is 0 Å². The summed E-state index contributed by atoms with van der Waals surface area (Å²) < 4.78 is 0. The summed E-state index contributed by atoms with van der Waals surface area (Å²) in [5.41, 5.74) is 1.17. The van der Waals surface area contributed by atoms with Crippen LogP contribution in [0.5, 0.6) is 0 Å². The number of nitrogens with zero attached hydrogens (tertiary/aromatic N) is 2. The number of nitrogens with one attached hydrogen (secondary N) is 1. The molecule has 90 valence electrons. The average molecular weight is 231 g/mol. The van der Waals surface area contributed by atoms with Gasteiger partial charge in [-0.05, 0) is 43.5 Å². The number of carbonyl (C=O) groups excluding carboxylic acids is 1. The van der Waals surface area contributed by atoms with E-state index in [0.717, 1.165) is 32.4 Å². The molecule has 1 atom stereocenters. The molecule has 1 saturated heterocycles. The maximum absolute atomic E-state index is 12.3. The van der Waals surface area contributed by atoms with E-state index < -0.39 is 0 Å². The molecule has 1 aliphatic carbocycles. The molecule has 4 nitrogen and oxygen atoms in total. The minimum Gasteiger partial charge on any atom is -0.334 e. The van der Waals surface area contributed by atoms with Crippen LogP contribution in [0.2, 0.25) is 0 Å². The van der Waals surface area contributed by atoms with Crippen molar-refractivity contribution in [3.63, 3.8) is 0 Å². The standard InChI is InChI=1S/C13H17N3O/c17-13(12-5-8-15-12)16(11-1-2-11)9-10-3-6-14-7-4-10/h3-4,6-7,11-12,15H,1-2,5,8-9H2. The maximum Gasteiger partial charge on any atom is 0.240 e. The highest BCUT2D eigenvalue weighted by molar-refractivity contribution is 5.83. The normalized spacial score (nSPS) is 22.9. The van der Waals surface area contributed by atoms with Crippen molar-refractivity contribution in [1.82, 2.24) is 15.2 Å². The Kier molecular flexibility index (Phi) is 2.81. The molecule has 1 amide bonds. The van der Waals surface area contributed by atoms with Gasteiger partial charge in [0, 0.05) is 25.0 Å². The van der Waals surface area contributed by atoms with E-state index in [1.54, 1.807) is 12.4 Å². The van der Waals surface area contributed by atoms with Crippen LogP contribution in [-0.2, 0) is 11.3 Å². The predicted molar refractivity (Wildman–Crippen MR) is 64.2 cm³/mol. The first-order valence-electron chi connectivity index (χ1n) is 6.27. The molecule has 3 rings (SSSR count). The molecule has 0 aromatic carbocycles. The summed E-state index contributed by atoms with van der Waals surface area (Å²) in [6, 6.07) is 4.50. The van der Waals surface area contributed by atoms with Crippen molar-refractivity contribution in [1.29, 1.82) is 0 Å². The van der Waals surface area contributed by atoms with Gasteiger partial charge in [-0.3, -0.25) is 9.78 Å². The first kappa shape index (κ1) is 10.7. The topological polar surface area (TPSA) is 45.2 Å². The van der Waals surface area contributed by atoms with E-state index >= 15 is 0 Å². The molecule has 4 heteroatoms. The molecule has 1 aliphatic heterocycles. The quantitative estimate of drug-likeness (QED) is 0.838. The zero-order valence-corrected chi connectivity index (χ0v) is 9.80. The van der Waals surface area contributed by atoms with Crippen LogP contribution in [0.3, 0.4) is 0 Å². The van der Waals surface area contributed by atoms with E-state index in [0.29, 0.717) is 6.04 Å². The van der Waals surface area contributed by atoms with Crippen LogP contribution >= 0.6 is 0 Å². The fraction of sp³-hybridized carbons (Fsp3) is 0.538. The van der Waals surface area contributed by atoms with Gasteiger partial charge in [0.2, 0.25) is 5.91 Å². The van der Waals surface area contributed by atoms with Gasteiger partial charge < -0.3 is 10.2 Å². The van der Waals surface area contributed by atoms with Crippen LogP contribution in [0.25, 0.3) is 0 Å². The number of amides is 1. The molecular weight excluding hydrogens is 214 g/mol. The van der Waals surface area contributed by atoms with Crippen molar-refractivity contribution in [3.05, 3.63) is 30.1 Å². The molecule has 2 fully saturated rings. The Bertz CT molecular complexity index is 398. The Balaban J connectivity index is 1.69. The van der Waals surface area contributed by atoms with E-state index in [2.05, 4.69) is 10.3 Å². The van der Waals surface area contributed by atoms with Gasteiger partial charge in [0.25, 0.3) is 0 Å². The predicted octanol–water partition coefficient (Wildman–Crippen LogP) is 0.934. The van der Waals surface area contributed by atoms with Gasteiger partial charge in [0.15, 0.2) is 0 Å². The number of carbonyl (C=O) groups is 1. The van der Waals surface area contributed by atoms with Gasteiger partial charge >= 0.3 is 0 Å². The molecule has 1 unspecified atom stereocenters. The van der Waals surface area contributed by atoms with Gasteiger partial charge in [-0.25, -0.2) is 0 Å². The summed E-state index contributed by atoms with van der Waals surface area (Å²) in [6.45, 7) is 1.70. The molecular formula is C13H17N3O. The first-order valence-corrected chi connectivity index (χ1v) is 6.27. The Hall–Kier alpha value is -1.42. The third-order valence-electron chi connectivity index (χ3n) is 3.49. The van der Waals surface area contributed by atoms with Crippen LogP contribution in [0.1, 0.15) is 24.8 Å². The number of aromatic nitrogens is 1. The second-order valence-corrected chi connectivity index (χ2v) is 4.85. The highest BCUT2D eigenvalue weighted by Crippen LogP contribution is 2.29. The van der Waals surface area contributed by atoms with Crippen molar-refractivity contribution >= 4 is 5.91 Å². The van der Waals surface area contributed by atoms with E-state index in [1.165, 1.54) is 5.56 Å². The van der Waals surface area contributed by atoms with Crippen molar-refractivity contribution in [2.45, 2.75) is 37.9 Å². The molecule has 1 N–H and O–H groups in total. The highest BCUT2D eigenvalue weighted by Gasteiger charge is 2.37. The Morgan fingerprint density at radius 2 is 2.06 bits per heavy atom. The summed E-state index contributed by atoms with van der Waals surface area (Å²) in [5, 5.41) is 3.19. The van der Waals surface area contributed by atoms with Gasteiger partial charge in [-0.1, -0.05) is 0 Å². The molecule has 1 aromatic heterocycles. The Morgan fingerprint density at radius 3 is 2.59 bits per heavy atom. The van der Waals surface area contributed by atoms with Crippen molar-refractivity contribution in [2.24, 2.45) is 0 Å². The zero-order chi connectivity index (χ0) is 11.7. The van der Waals surface area contributed by atoms with E-state index in [-0.39, 0.29) is 11.9 Å². The van der Waals surface area contributed by atoms with Crippen LogP contribution in [0.4, 0.5) is 0 Å². The molecule has 0 spiro atoms. The molecule has 0 radical (unpaired) electrons. The molecule has 17 heavy (non-hydrogen) atoms. The molecule has 2 heterocycles. The van der Waals surface area contributed by atoms with Crippen molar-refractivity contribution in [3.8, 4) is 0 Å². The smallest absolute Gasteiger partial charge is 0.240 e. The highest BCUT2D eigenvalue weighted by atomic mass is 16.2. The number of hydrogen-bond acceptors (Lipinski definition) is 3. The van der Waals surface area contributed by atoms with E-state index in [1.807, 2.05) is 17.0 Å². The lowest BCUT2D eigenvalue weighted by Crippen LogP contribution is -2.54. The Labute approximate surface area is 101 Å². The summed E-state index contributed by atoms with van der Waals surface area (Å²) in [4.78, 5) is 18.3. The summed E-state index contributed by atoms with van der Waals surface area (Å²) in [7, 11) is 0. The minimum absolute atomic E-state index is 0.0671. The van der Waals surface area contributed by atoms with Crippen LogP contribution in [0, 0.1) is 0 Å². The fourth-order valence-electron chi connectivity index (χ4n) is 2.16. The largest absolute Gasteiger partial charge is 0.334 e. The lowest BCUT2D eigenvalue weighted by Gasteiger charge is -2.33. The second kappa shape index (κ2) is 4.45. The first-order chi connectivity index (χ1) is 8.34. The Morgan fingerprint density at radius 1 is 1.35 bits per heavy atom. The zero-order valence-electron chi connectivity index (χ0n) is 9.80. The maximum atomic E-state index is 12.3. The van der Waals surface area contributed by atoms with Crippen molar-refractivity contribution < 1.29 is 4.79 Å². The van der Waals surface area contributed by atoms with Crippen LogP contribution in [0.15, 0.2) is 24.5 Å². The third-order valence-corrected chi connectivity index (χ3v) is 3.49. The lowest BCUT2D eigenvalue weighted by atomic mass is 10.1. The lowest BCUT2D eigenvalue weighted by molar-refractivity contribution is -0.136. The molecule has 0 bridgehead atoms. The van der Waals surface area contributed by atoms with Crippen molar-refractivity contribution in [2.75, 3.05) is 6.54 Å². The number of rotatable bonds is 4. The SMILES string of the molecule is O=C(C1CCN1)N(Cc1ccncc1)C1CC1. The molecule has 2 aliphatic rings. The minimum atomic E-state index is 0.0671. The molecule has 1 aromatic rings. The summed E-state index contributed by atoms with van der Waals surface area (Å²) in [5.74, 6) is 0.274. The van der Waals surface area contributed by atoms with E-state index in [9.17, 15) is 4.79 Å². The molecule has 1 saturated carbocycles. The fourth-order valence-corrected chi connectivity index (χ4v) is 2.16. The van der Waals surface area contributed by atoms with Gasteiger partial charge in [-0.15, -0.1) is 0 Å². The third kappa shape index (κ3) is 2.31. The summed E-state index contributed by atoms with van der Waals surface area (Å²) in [6.07, 6.45) is 6.87.